The molecule has 1 aliphatic heterocycles. The SMILES string of the molecule is CC1c2ccccc2CCN1Cc1ccc(COc2ccc(CCC(=O)O)cc2)cc1.O=C(O)C(F)(F)F. The van der Waals surface area contributed by atoms with Crippen LogP contribution in [-0.2, 0) is 35.6 Å². The number of aryl methyl sites for hydroxylation is 1. The van der Waals surface area contributed by atoms with E-state index < -0.39 is 18.1 Å². The van der Waals surface area contributed by atoms with Crippen molar-refractivity contribution in [2.45, 2.75) is 51.6 Å². The molecule has 0 fully saturated rings. The topological polar surface area (TPSA) is 87.1 Å². The Morgan fingerprint density at radius 3 is 2.11 bits per heavy atom. The van der Waals surface area contributed by atoms with Gasteiger partial charge in [-0.3, -0.25) is 9.69 Å². The zero-order valence-corrected chi connectivity index (χ0v) is 20.9. The zero-order valence-electron chi connectivity index (χ0n) is 20.9. The molecule has 4 rings (SSSR count). The van der Waals surface area contributed by atoms with Crippen LogP contribution < -0.4 is 4.74 Å². The molecule has 38 heavy (non-hydrogen) atoms. The van der Waals surface area contributed by atoms with Gasteiger partial charge in [-0.15, -0.1) is 0 Å². The van der Waals surface area contributed by atoms with Crippen LogP contribution in [0.25, 0.3) is 0 Å². The fraction of sp³-hybridized carbons (Fsp3) is 0.310. The summed E-state index contributed by atoms with van der Waals surface area (Å²) in [5.41, 5.74) is 6.39. The second-order valence-electron chi connectivity index (χ2n) is 9.04. The number of aliphatic carboxylic acids is 2. The van der Waals surface area contributed by atoms with Crippen molar-refractivity contribution in [2.75, 3.05) is 6.54 Å². The lowest BCUT2D eigenvalue weighted by Crippen LogP contribution is -2.33. The number of carboxylic acid groups (broad SMARTS) is 2. The third-order valence-corrected chi connectivity index (χ3v) is 6.33. The van der Waals surface area contributed by atoms with Crippen LogP contribution in [0.3, 0.4) is 0 Å². The first-order chi connectivity index (χ1) is 18.0. The van der Waals surface area contributed by atoms with E-state index in [9.17, 15) is 18.0 Å². The number of carboxylic acids is 2. The van der Waals surface area contributed by atoms with Crippen molar-refractivity contribution in [3.63, 3.8) is 0 Å². The number of carbonyl (C=O) groups is 2. The summed E-state index contributed by atoms with van der Waals surface area (Å²) in [4.78, 5) is 22.1. The summed E-state index contributed by atoms with van der Waals surface area (Å²) in [5.74, 6) is -2.74. The highest BCUT2D eigenvalue weighted by Crippen LogP contribution is 2.30. The number of nitrogens with zero attached hydrogens (tertiary/aromatic N) is 1. The van der Waals surface area contributed by atoms with Crippen molar-refractivity contribution >= 4 is 11.9 Å². The Bertz CT molecular complexity index is 1210. The fourth-order valence-corrected chi connectivity index (χ4v) is 4.19. The van der Waals surface area contributed by atoms with Gasteiger partial charge in [0.1, 0.15) is 12.4 Å². The Labute approximate surface area is 219 Å². The molecule has 1 aliphatic rings. The number of hydrogen-bond acceptors (Lipinski definition) is 4. The summed E-state index contributed by atoms with van der Waals surface area (Å²) < 4.78 is 37.6. The molecule has 6 nitrogen and oxygen atoms in total. The predicted molar refractivity (Wildman–Crippen MR) is 136 cm³/mol. The first-order valence-electron chi connectivity index (χ1n) is 12.2. The molecule has 2 N–H and O–H groups in total. The number of rotatable bonds is 8. The molecule has 3 aromatic rings. The molecule has 0 saturated heterocycles. The largest absolute Gasteiger partial charge is 0.490 e. The van der Waals surface area contributed by atoms with E-state index in [0.29, 0.717) is 19.1 Å². The monoisotopic (exact) mass is 529 g/mol. The van der Waals surface area contributed by atoms with Crippen molar-refractivity contribution in [1.29, 1.82) is 0 Å². The highest BCUT2D eigenvalue weighted by molar-refractivity contribution is 5.73. The smallest absolute Gasteiger partial charge is 0.489 e. The normalized spacial score (nSPS) is 15.1. The number of hydrogen-bond donors (Lipinski definition) is 2. The van der Waals surface area contributed by atoms with Crippen LogP contribution in [0, 0.1) is 0 Å². The molecule has 0 bridgehead atoms. The van der Waals surface area contributed by atoms with Gasteiger partial charge < -0.3 is 14.9 Å². The summed E-state index contributed by atoms with van der Waals surface area (Å²) >= 11 is 0. The van der Waals surface area contributed by atoms with Gasteiger partial charge in [-0.25, -0.2) is 4.79 Å². The first kappa shape index (κ1) is 28.7. The van der Waals surface area contributed by atoms with E-state index in [1.165, 1.54) is 16.7 Å². The predicted octanol–water partition coefficient (Wildman–Crippen LogP) is 6.04. The molecule has 1 atom stereocenters. The van der Waals surface area contributed by atoms with Crippen molar-refractivity contribution in [3.8, 4) is 5.75 Å². The lowest BCUT2D eigenvalue weighted by atomic mass is 9.93. The van der Waals surface area contributed by atoms with Crippen molar-refractivity contribution in [2.24, 2.45) is 0 Å². The standard InChI is InChI=1S/C27H29NO3.C2HF3O2/c1-20-26-5-3-2-4-24(26)16-17-28(20)18-22-6-8-23(9-7-22)19-31-25-13-10-21(11-14-25)12-15-27(29)30;3-2(4,5)1(6)7/h2-11,13-14,20H,12,15-19H2,1H3,(H,29,30);(H,6,7). The molecule has 1 unspecified atom stereocenters. The Balaban J connectivity index is 0.000000505. The van der Waals surface area contributed by atoms with Gasteiger partial charge in [0.15, 0.2) is 0 Å². The van der Waals surface area contributed by atoms with Gasteiger partial charge in [0, 0.05) is 25.6 Å². The molecule has 0 amide bonds. The van der Waals surface area contributed by atoms with Crippen LogP contribution in [0.2, 0.25) is 0 Å². The van der Waals surface area contributed by atoms with Crippen LogP contribution >= 0.6 is 0 Å². The van der Waals surface area contributed by atoms with Gasteiger partial charge in [-0.1, -0.05) is 60.7 Å². The van der Waals surface area contributed by atoms with E-state index >= 15 is 0 Å². The van der Waals surface area contributed by atoms with Crippen molar-refractivity contribution in [3.05, 3.63) is 101 Å². The van der Waals surface area contributed by atoms with Gasteiger partial charge in [0.25, 0.3) is 0 Å². The maximum atomic E-state index is 10.7. The van der Waals surface area contributed by atoms with Crippen LogP contribution in [-0.4, -0.2) is 39.8 Å². The first-order valence-corrected chi connectivity index (χ1v) is 12.2. The molecule has 9 heteroatoms. The van der Waals surface area contributed by atoms with Gasteiger partial charge in [-0.2, -0.15) is 13.2 Å². The Morgan fingerprint density at radius 2 is 1.50 bits per heavy atom. The Kier molecular flexibility index (Phi) is 9.90. The highest BCUT2D eigenvalue weighted by atomic mass is 19.4. The summed E-state index contributed by atoms with van der Waals surface area (Å²) in [7, 11) is 0. The molecular weight excluding hydrogens is 499 g/mol. The minimum Gasteiger partial charge on any atom is -0.489 e. The second-order valence-corrected chi connectivity index (χ2v) is 9.04. The van der Waals surface area contributed by atoms with E-state index in [4.69, 9.17) is 19.7 Å². The Morgan fingerprint density at radius 1 is 0.921 bits per heavy atom. The molecule has 0 spiro atoms. The van der Waals surface area contributed by atoms with Crippen molar-refractivity contribution < 1.29 is 37.7 Å². The summed E-state index contributed by atoms with van der Waals surface area (Å²) in [5, 5.41) is 15.9. The minimum atomic E-state index is -5.08. The average Bonchev–Trinajstić information content (AvgIpc) is 2.89. The molecule has 3 aromatic carbocycles. The quantitative estimate of drug-likeness (QED) is 0.370. The number of alkyl halides is 3. The lowest BCUT2D eigenvalue weighted by molar-refractivity contribution is -0.192. The number of ether oxygens (including phenoxy) is 1. The van der Waals surface area contributed by atoms with Crippen LogP contribution in [0.1, 0.15) is 47.2 Å². The average molecular weight is 530 g/mol. The van der Waals surface area contributed by atoms with E-state index in [0.717, 1.165) is 36.4 Å². The highest BCUT2D eigenvalue weighted by Gasteiger charge is 2.38. The minimum absolute atomic E-state index is 0.148. The van der Waals surface area contributed by atoms with E-state index in [1.807, 2.05) is 24.3 Å². The number of fused-ring (bicyclic) bond motifs is 1. The van der Waals surface area contributed by atoms with Crippen LogP contribution in [0.4, 0.5) is 13.2 Å². The molecule has 0 aromatic heterocycles. The second kappa shape index (κ2) is 13.1. The third-order valence-electron chi connectivity index (χ3n) is 6.33. The summed E-state index contributed by atoms with van der Waals surface area (Å²) in [6, 6.07) is 25.5. The summed E-state index contributed by atoms with van der Waals surface area (Å²) in [6.07, 6.45) is -3.28. The summed E-state index contributed by atoms with van der Waals surface area (Å²) in [6.45, 7) is 4.86. The van der Waals surface area contributed by atoms with Gasteiger partial charge in [0.2, 0.25) is 0 Å². The zero-order chi connectivity index (χ0) is 27.7. The molecule has 1 heterocycles. The van der Waals surface area contributed by atoms with Gasteiger partial charge >= 0.3 is 18.1 Å². The van der Waals surface area contributed by atoms with Gasteiger partial charge in [-0.05, 0) is 59.7 Å². The van der Waals surface area contributed by atoms with Crippen LogP contribution in [0.5, 0.6) is 5.75 Å². The number of halogens is 3. The maximum absolute atomic E-state index is 10.7. The number of benzene rings is 3. The maximum Gasteiger partial charge on any atom is 0.490 e. The fourth-order valence-electron chi connectivity index (χ4n) is 4.19. The Hall–Kier alpha value is -3.85. The van der Waals surface area contributed by atoms with Crippen LogP contribution in [0.15, 0.2) is 72.8 Å². The van der Waals surface area contributed by atoms with Crippen molar-refractivity contribution in [1.82, 2.24) is 4.90 Å². The molecule has 202 valence electrons. The third kappa shape index (κ3) is 8.62. The van der Waals surface area contributed by atoms with E-state index in [1.54, 1.807) is 0 Å². The van der Waals surface area contributed by atoms with Gasteiger partial charge in [0.05, 0.1) is 0 Å². The molecule has 0 aliphatic carbocycles. The lowest BCUT2D eigenvalue weighted by Gasteiger charge is -2.35. The molecule has 0 radical (unpaired) electrons. The molecular formula is C29H30F3NO5. The van der Waals surface area contributed by atoms with E-state index in [-0.39, 0.29) is 6.42 Å². The molecule has 0 saturated carbocycles. The van der Waals surface area contributed by atoms with E-state index in [2.05, 4.69) is 60.4 Å².